The van der Waals surface area contributed by atoms with E-state index in [0.717, 1.165) is 6.42 Å². The normalized spacial score (nSPS) is 22.1. The van der Waals surface area contributed by atoms with Gasteiger partial charge >= 0.3 is 5.97 Å². The molecule has 15 heavy (non-hydrogen) atoms. The van der Waals surface area contributed by atoms with E-state index in [9.17, 15) is 9.90 Å². The van der Waals surface area contributed by atoms with E-state index >= 15 is 0 Å². The minimum absolute atomic E-state index is 0.486. The molecule has 4 nitrogen and oxygen atoms in total. The second-order valence-corrected chi connectivity index (χ2v) is 4.37. The van der Waals surface area contributed by atoms with Crippen molar-refractivity contribution < 1.29 is 14.6 Å². The van der Waals surface area contributed by atoms with E-state index in [1.807, 2.05) is 0 Å². The quantitative estimate of drug-likeness (QED) is 0.681. The van der Waals surface area contributed by atoms with Crippen LogP contribution in [0.15, 0.2) is 0 Å². The highest BCUT2D eigenvalue weighted by molar-refractivity contribution is 5.75. The maximum absolute atomic E-state index is 11.0. The van der Waals surface area contributed by atoms with Gasteiger partial charge in [0.25, 0.3) is 0 Å². The lowest BCUT2D eigenvalue weighted by Gasteiger charge is -2.26. The lowest BCUT2D eigenvalue weighted by atomic mass is 9.84. The van der Waals surface area contributed by atoms with E-state index in [1.54, 1.807) is 0 Å². The number of methoxy groups -OCH3 is 1. The molecular formula is C11H21NO3. The first kappa shape index (κ1) is 12.5. The fraction of sp³-hybridized carbons (Fsp3) is 0.909. The van der Waals surface area contributed by atoms with Crippen molar-refractivity contribution in [3.05, 3.63) is 0 Å². The van der Waals surface area contributed by atoms with Crippen molar-refractivity contribution >= 4 is 5.97 Å². The number of carbonyl (C=O) groups is 1. The van der Waals surface area contributed by atoms with Crippen LogP contribution in [-0.2, 0) is 9.53 Å². The number of ether oxygens (including phenoxy) is 1. The molecule has 0 aromatic heterocycles. The van der Waals surface area contributed by atoms with Gasteiger partial charge < -0.3 is 15.6 Å². The first-order valence-electron chi connectivity index (χ1n) is 5.66. The van der Waals surface area contributed by atoms with Crippen LogP contribution >= 0.6 is 0 Å². The molecule has 2 unspecified atom stereocenters. The summed E-state index contributed by atoms with van der Waals surface area (Å²) in [5.74, 6) is -0.0636. The highest BCUT2D eigenvalue weighted by atomic mass is 16.5. The van der Waals surface area contributed by atoms with Crippen LogP contribution in [0.25, 0.3) is 0 Å². The summed E-state index contributed by atoms with van der Waals surface area (Å²) in [5, 5.41) is 9.52. The van der Waals surface area contributed by atoms with Gasteiger partial charge in [0.15, 0.2) is 6.10 Å². The summed E-state index contributed by atoms with van der Waals surface area (Å²) < 4.78 is 4.45. The molecule has 0 saturated heterocycles. The molecule has 0 aliphatic heterocycles. The summed E-state index contributed by atoms with van der Waals surface area (Å²) in [6.07, 6.45) is 5.67. The third-order valence-electron chi connectivity index (χ3n) is 3.18. The molecule has 1 rings (SSSR count). The molecule has 0 aromatic carbocycles. The Morgan fingerprint density at radius 3 is 2.60 bits per heavy atom. The molecule has 0 amide bonds. The molecule has 0 spiro atoms. The predicted molar refractivity (Wildman–Crippen MR) is 57.2 cm³/mol. The lowest BCUT2D eigenvalue weighted by Crippen LogP contribution is -2.42. The van der Waals surface area contributed by atoms with Gasteiger partial charge in [0.2, 0.25) is 0 Å². The molecule has 0 aromatic rings. The zero-order chi connectivity index (χ0) is 11.3. The zero-order valence-electron chi connectivity index (χ0n) is 9.32. The largest absolute Gasteiger partial charge is 0.467 e. The Bertz CT molecular complexity index is 202. The molecule has 1 fully saturated rings. The van der Waals surface area contributed by atoms with Gasteiger partial charge in [0.1, 0.15) is 0 Å². The number of esters is 1. The van der Waals surface area contributed by atoms with E-state index in [0.29, 0.717) is 5.92 Å². The van der Waals surface area contributed by atoms with Crippen molar-refractivity contribution in [3.8, 4) is 0 Å². The van der Waals surface area contributed by atoms with Crippen LogP contribution in [0, 0.1) is 5.92 Å². The van der Waals surface area contributed by atoms with Crippen LogP contribution in [-0.4, -0.2) is 30.3 Å². The highest BCUT2D eigenvalue weighted by Crippen LogP contribution is 2.27. The highest BCUT2D eigenvalue weighted by Gasteiger charge is 2.26. The van der Waals surface area contributed by atoms with Crippen molar-refractivity contribution in [2.45, 2.75) is 50.7 Å². The van der Waals surface area contributed by atoms with Crippen LogP contribution in [0.3, 0.4) is 0 Å². The molecule has 4 heteroatoms. The van der Waals surface area contributed by atoms with Gasteiger partial charge in [-0.25, -0.2) is 4.79 Å². The van der Waals surface area contributed by atoms with Crippen molar-refractivity contribution in [2.24, 2.45) is 11.7 Å². The Hall–Kier alpha value is -0.610. The van der Waals surface area contributed by atoms with Gasteiger partial charge in [-0.15, -0.1) is 0 Å². The van der Waals surface area contributed by atoms with Gasteiger partial charge in [-0.05, 0) is 12.3 Å². The lowest BCUT2D eigenvalue weighted by molar-refractivity contribution is -0.151. The standard InChI is InChI=1S/C11H21NO3/c1-15-11(14)10(13)9(12)7-8-5-3-2-4-6-8/h8-10,13H,2-7,12H2,1H3. The van der Waals surface area contributed by atoms with Crippen LogP contribution in [0.2, 0.25) is 0 Å². The number of carbonyl (C=O) groups excluding carboxylic acids is 1. The molecule has 1 aliphatic carbocycles. The van der Waals surface area contributed by atoms with Crippen LogP contribution < -0.4 is 5.73 Å². The number of rotatable bonds is 4. The van der Waals surface area contributed by atoms with E-state index < -0.39 is 18.1 Å². The van der Waals surface area contributed by atoms with Gasteiger partial charge in [-0.3, -0.25) is 0 Å². The Labute approximate surface area is 90.8 Å². The summed E-state index contributed by atoms with van der Waals surface area (Å²) in [6.45, 7) is 0. The summed E-state index contributed by atoms with van der Waals surface area (Å²) in [6, 6.07) is -0.486. The van der Waals surface area contributed by atoms with Crippen molar-refractivity contribution in [3.63, 3.8) is 0 Å². The average Bonchev–Trinajstić information content (AvgIpc) is 2.28. The number of hydrogen-bond acceptors (Lipinski definition) is 4. The van der Waals surface area contributed by atoms with Gasteiger partial charge in [0.05, 0.1) is 7.11 Å². The Kier molecular flexibility index (Phi) is 5.05. The molecular weight excluding hydrogens is 194 g/mol. The maximum atomic E-state index is 11.0. The molecule has 3 N–H and O–H groups in total. The summed E-state index contributed by atoms with van der Waals surface area (Å²) in [5.41, 5.74) is 5.77. The Morgan fingerprint density at radius 2 is 2.07 bits per heavy atom. The number of aliphatic hydroxyl groups excluding tert-OH is 1. The fourth-order valence-corrected chi connectivity index (χ4v) is 2.23. The SMILES string of the molecule is COC(=O)C(O)C(N)CC1CCCCC1. The molecule has 2 atom stereocenters. The monoisotopic (exact) mass is 215 g/mol. The summed E-state index contributed by atoms with van der Waals surface area (Å²) in [7, 11) is 1.26. The number of hydrogen-bond donors (Lipinski definition) is 2. The molecule has 0 heterocycles. The zero-order valence-corrected chi connectivity index (χ0v) is 9.32. The van der Waals surface area contributed by atoms with E-state index in [4.69, 9.17) is 5.73 Å². The predicted octanol–water partition coefficient (Wildman–Crippen LogP) is 0.818. The number of aliphatic hydroxyl groups is 1. The van der Waals surface area contributed by atoms with Gasteiger partial charge in [0, 0.05) is 6.04 Å². The average molecular weight is 215 g/mol. The minimum atomic E-state index is -1.17. The summed E-state index contributed by atoms with van der Waals surface area (Å²) in [4.78, 5) is 11.0. The van der Waals surface area contributed by atoms with Gasteiger partial charge in [-0.2, -0.15) is 0 Å². The van der Waals surface area contributed by atoms with Crippen molar-refractivity contribution in [1.29, 1.82) is 0 Å². The second-order valence-electron chi connectivity index (χ2n) is 4.37. The smallest absolute Gasteiger partial charge is 0.336 e. The second kappa shape index (κ2) is 6.08. The molecule has 0 radical (unpaired) electrons. The van der Waals surface area contributed by atoms with Crippen LogP contribution in [0.5, 0.6) is 0 Å². The number of nitrogens with two attached hydrogens (primary N) is 1. The third-order valence-corrected chi connectivity index (χ3v) is 3.18. The fourth-order valence-electron chi connectivity index (χ4n) is 2.23. The van der Waals surface area contributed by atoms with Gasteiger partial charge in [-0.1, -0.05) is 32.1 Å². The Morgan fingerprint density at radius 1 is 1.47 bits per heavy atom. The third kappa shape index (κ3) is 3.80. The van der Waals surface area contributed by atoms with Crippen LogP contribution in [0.4, 0.5) is 0 Å². The summed E-state index contributed by atoms with van der Waals surface area (Å²) >= 11 is 0. The first-order valence-corrected chi connectivity index (χ1v) is 5.66. The van der Waals surface area contributed by atoms with Crippen molar-refractivity contribution in [1.82, 2.24) is 0 Å². The van der Waals surface area contributed by atoms with E-state index in [1.165, 1.54) is 39.2 Å². The first-order chi connectivity index (χ1) is 7.15. The maximum Gasteiger partial charge on any atom is 0.336 e. The molecule has 88 valence electrons. The Balaban J connectivity index is 2.32. The van der Waals surface area contributed by atoms with E-state index in [2.05, 4.69) is 4.74 Å². The van der Waals surface area contributed by atoms with Crippen molar-refractivity contribution in [2.75, 3.05) is 7.11 Å². The van der Waals surface area contributed by atoms with E-state index in [-0.39, 0.29) is 0 Å². The molecule has 0 bridgehead atoms. The van der Waals surface area contributed by atoms with Crippen LogP contribution in [0.1, 0.15) is 38.5 Å². The topological polar surface area (TPSA) is 72.5 Å². The minimum Gasteiger partial charge on any atom is -0.467 e. The molecule has 1 saturated carbocycles. The molecule has 1 aliphatic rings.